The summed E-state index contributed by atoms with van der Waals surface area (Å²) in [4.78, 5) is 12.1. The highest BCUT2D eigenvalue weighted by Gasteiger charge is 2.06. The monoisotopic (exact) mass is 342 g/mol. The zero-order chi connectivity index (χ0) is 18.1. The SMILES string of the molecule is CCOc1ccc(/C=N/NC(=O)c2cccc(OC)c2)cc1OCC. The smallest absolute Gasteiger partial charge is 0.271 e. The van der Waals surface area contributed by atoms with Crippen LogP contribution in [0.1, 0.15) is 29.8 Å². The van der Waals surface area contributed by atoms with Gasteiger partial charge in [-0.25, -0.2) is 5.43 Å². The van der Waals surface area contributed by atoms with Crippen LogP contribution in [0.4, 0.5) is 0 Å². The number of hydrazone groups is 1. The van der Waals surface area contributed by atoms with Gasteiger partial charge < -0.3 is 14.2 Å². The van der Waals surface area contributed by atoms with Crippen molar-refractivity contribution in [3.8, 4) is 17.2 Å². The Labute approximate surface area is 147 Å². The van der Waals surface area contributed by atoms with Gasteiger partial charge >= 0.3 is 0 Å². The lowest BCUT2D eigenvalue weighted by atomic mass is 10.2. The van der Waals surface area contributed by atoms with Gasteiger partial charge in [0.2, 0.25) is 0 Å². The van der Waals surface area contributed by atoms with Crippen LogP contribution in [0.2, 0.25) is 0 Å². The van der Waals surface area contributed by atoms with Gasteiger partial charge in [-0.2, -0.15) is 5.10 Å². The Balaban J connectivity index is 2.05. The second kappa shape index (κ2) is 9.32. The third kappa shape index (κ3) is 5.24. The van der Waals surface area contributed by atoms with Gasteiger partial charge in [-0.1, -0.05) is 6.07 Å². The van der Waals surface area contributed by atoms with Crippen LogP contribution in [0.25, 0.3) is 0 Å². The fraction of sp³-hybridized carbons (Fsp3) is 0.263. The molecule has 0 radical (unpaired) electrons. The van der Waals surface area contributed by atoms with Crippen molar-refractivity contribution in [3.05, 3.63) is 53.6 Å². The molecule has 1 amide bonds. The molecule has 2 aromatic rings. The van der Waals surface area contributed by atoms with Crippen LogP contribution in [-0.2, 0) is 0 Å². The molecule has 0 aromatic heterocycles. The van der Waals surface area contributed by atoms with Gasteiger partial charge in [0.25, 0.3) is 5.91 Å². The maximum absolute atomic E-state index is 12.1. The lowest BCUT2D eigenvalue weighted by molar-refractivity contribution is 0.0955. The van der Waals surface area contributed by atoms with Crippen molar-refractivity contribution in [2.24, 2.45) is 5.10 Å². The van der Waals surface area contributed by atoms with E-state index in [2.05, 4.69) is 10.5 Å². The van der Waals surface area contributed by atoms with Gasteiger partial charge in [-0.3, -0.25) is 4.79 Å². The Morgan fingerprint density at radius 3 is 2.56 bits per heavy atom. The molecule has 1 N–H and O–H groups in total. The number of nitrogens with one attached hydrogen (secondary N) is 1. The summed E-state index contributed by atoms with van der Waals surface area (Å²) in [6, 6.07) is 12.3. The fourth-order valence-corrected chi connectivity index (χ4v) is 2.14. The van der Waals surface area contributed by atoms with E-state index in [1.807, 2.05) is 32.0 Å². The zero-order valence-electron chi connectivity index (χ0n) is 14.6. The van der Waals surface area contributed by atoms with Gasteiger partial charge in [-0.15, -0.1) is 0 Å². The maximum Gasteiger partial charge on any atom is 0.271 e. The molecule has 0 spiro atoms. The van der Waals surface area contributed by atoms with Crippen molar-refractivity contribution in [2.45, 2.75) is 13.8 Å². The molecule has 2 aromatic carbocycles. The number of methoxy groups -OCH3 is 1. The minimum Gasteiger partial charge on any atom is -0.497 e. The number of amides is 1. The largest absolute Gasteiger partial charge is 0.497 e. The summed E-state index contributed by atoms with van der Waals surface area (Å²) in [7, 11) is 1.55. The Bertz CT molecular complexity index is 744. The summed E-state index contributed by atoms with van der Waals surface area (Å²) >= 11 is 0. The molecule has 0 saturated heterocycles. The molecule has 6 nitrogen and oxygen atoms in total. The van der Waals surface area contributed by atoms with Gasteiger partial charge in [-0.05, 0) is 55.8 Å². The van der Waals surface area contributed by atoms with Crippen molar-refractivity contribution in [1.29, 1.82) is 0 Å². The predicted octanol–water partition coefficient (Wildman–Crippen LogP) is 3.26. The molecule has 0 aliphatic carbocycles. The first kappa shape index (κ1) is 18.3. The molecule has 0 bridgehead atoms. The second-order valence-electron chi connectivity index (χ2n) is 5.00. The maximum atomic E-state index is 12.1. The Morgan fingerprint density at radius 1 is 1.08 bits per heavy atom. The number of carbonyl (C=O) groups is 1. The summed E-state index contributed by atoms with van der Waals surface area (Å²) < 4.78 is 16.2. The first-order chi connectivity index (χ1) is 12.2. The normalized spacial score (nSPS) is 10.5. The van der Waals surface area contributed by atoms with Crippen LogP contribution in [0.3, 0.4) is 0 Å². The number of benzene rings is 2. The summed E-state index contributed by atoms with van der Waals surface area (Å²) in [5.74, 6) is 1.63. The molecule has 132 valence electrons. The quantitative estimate of drug-likeness (QED) is 0.590. The Kier molecular flexibility index (Phi) is 6.83. The van der Waals surface area contributed by atoms with Crippen molar-refractivity contribution < 1.29 is 19.0 Å². The minimum atomic E-state index is -0.314. The first-order valence-corrected chi connectivity index (χ1v) is 8.05. The average Bonchev–Trinajstić information content (AvgIpc) is 2.64. The van der Waals surface area contributed by atoms with Crippen LogP contribution in [0.15, 0.2) is 47.6 Å². The highest BCUT2D eigenvalue weighted by molar-refractivity contribution is 5.95. The molecule has 0 aliphatic rings. The second-order valence-corrected chi connectivity index (χ2v) is 5.00. The molecule has 25 heavy (non-hydrogen) atoms. The molecule has 0 heterocycles. The highest BCUT2D eigenvalue weighted by Crippen LogP contribution is 2.27. The van der Waals surface area contributed by atoms with Crippen LogP contribution in [0.5, 0.6) is 17.2 Å². The van der Waals surface area contributed by atoms with Crippen molar-refractivity contribution in [2.75, 3.05) is 20.3 Å². The number of nitrogens with zero attached hydrogens (tertiary/aromatic N) is 1. The number of ether oxygens (including phenoxy) is 3. The van der Waals surface area contributed by atoms with E-state index >= 15 is 0 Å². The Morgan fingerprint density at radius 2 is 1.84 bits per heavy atom. The van der Waals surface area contributed by atoms with Gasteiger partial charge in [0.05, 0.1) is 26.5 Å². The number of rotatable bonds is 8. The zero-order valence-corrected chi connectivity index (χ0v) is 14.6. The van der Waals surface area contributed by atoms with Crippen molar-refractivity contribution in [1.82, 2.24) is 5.43 Å². The molecular formula is C19H22N2O4. The summed E-state index contributed by atoms with van der Waals surface area (Å²) in [6.07, 6.45) is 1.55. The molecule has 0 saturated carbocycles. The third-order valence-corrected chi connectivity index (χ3v) is 3.28. The van der Waals surface area contributed by atoms with Gasteiger partial charge in [0.1, 0.15) is 5.75 Å². The van der Waals surface area contributed by atoms with E-state index in [9.17, 15) is 4.79 Å². The van der Waals surface area contributed by atoms with E-state index in [1.54, 1.807) is 37.6 Å². The predicted molar refractivity (Wildman–Crippen MR) is 96.8 cm³/mol. The molecular weight excluding hydrogens is 320 g/mol. The number of hydrogen-bond donors (Lipinski definition) is 1. The Hall–Kier alpha value is -3.02. The van der Waals surface area contributed by atoms with E-state index in [4.69, 9.17) is 14.2 Å². The van der Waals surface area contributed by atoms with E-state index in [0.717, 1.165) is 5.56 Å². The fourth-order valence-electron chi connectivity index (χ4n) is 2.14. The summed E-state index contributed by atoms with van der Waals surface area (Å²) in [5.41, 5.74) is 3.75. The topological polar surface area (TPSA) is 69.2 Å². The van der Waals surface area contributed by atoms with Gasteiger partial charge in [0, 0.05) is 5.56 Å². The number of carbonyl (C=O) groups excluding carboxylic acids is 1. The third-order valence-electron chi connectivity index (χ3n) is 3.28. The van der Waals surface area contributed by atoms with E-state index in [0.29, 0.717) is 36.0 Å². The summed E-state index contributed by atoms with van der Waals surface area (Å²) in [5, 5.41) is 3.99. The van der Waals surface area contributed by atoms with Crippen LogP contribution in [-0.4, -0.2) is 32.4 Å². The molecule has 0 aliphatic heterocycles. The van der Waals surface area contributed by atoms with E-state index in [-0.39, 0.29) is 5.91 Å². The highest BCUT2D eigenvalue weighted by atomic mass is 16.5. The molecule has 0 fully saturated rings. The average molecular weight is 342 g/mol. The molecule has 2 rings (SSSR count). The molecule has 0 atom stereocenters. The van der Waals surface area contributed by atoms with Crippen LogP contribution < -0.4 is 19.6 Å². The first-order valence-electron chi connectivity index (χ1n) is 8.05. The molecule has 0 unspecified atom stereocenters. The minimum absolute atomic E-state index is 0.314. The van der Waals surface area contributed by atoms with E-state index in [1.165, 1.54) is 0 Å². The van der Waals surface area contributed by atoms with Crippen LogP contribution in [0, 0.1) is 0 Å². The van der Waals surface area contributed by atoms with Crippen LogP contribution >= 0.6 is 0 Å². The van der Waals surface area contributed by atoms with Gasteiger partial charge in [0.15, 0.2) is 11.5 Å². The lowest BCUT2D eigenvalue weighted by Gasteiger charge is -2.11. The summed E-state index contributed by atoms with van der Waals surface area (Å²) in [6.45, 7) is 4.92. The van der Waals surface area contributed by atoms with E-state index < -0.39 is 0 Å². The number of hydrogen-bond acceptors (Lipinski definition) is 5. The standard InChI is InChI=1S/C19H22N2O4/c1-4-24-17-10-9-14(11-18(17)25-5-2)13-20-21-19(22)15-7-6-8-16(12-15)23-3/h6-13H,4-5H2,1-3H3,(H,21,22)/b20-13+. The lowest BCUT2D eigenvalue weighted by Crippen LogP contribution is -2.17. The van der Waals surface area contributed by atoms with Crippen molar-refractivity contribution >= 4 is 12.1 Å². The molecule has 6 heteroatoms. The van der Waals surface area contributed by atoms with Crippen molar-refractivity contribution in [3.63, 3.8) is 0 Å².